The molecule has 0 bridgehead atoms. The largest absolute Gasteiger partial charge is 0.481 e. The smallest absolute Gasteiger partial charge is 0.338 e. The van der Waals surface area contributed by atoms with Crippen molar-refractivity contribution < 1.29 is 29.2 Å². The monoisotopic (exact) mass is 351 g/mol. The summed E-state index contributed by atoms with van der Waals surface area (Å²) < 4.78 is 4.56. The van der Waals surface area contributed by atoms with Crippen molar-refractivity contribution in [3.8, 4) is 0 Å². The molecule has 0 spiro atoms. The Balaban J connectivity index is 2.27. The summed E-state index contributed by atoms with van der Waals surface area (Å²) in [7, 11) is 1.14. The number of methoxy groups -OCH3 is 1. The number of nitro groups is 1. The minimum Gasteiger partial charge on any atom is -0.481 e. The van der Waals surface area contributed by atoms with Gasteiger partial charge in [0.05, 0.1) is 34.8 Å². The van der Waals surface area contributed by atoms with E-state index in [1.807, 2.05) is 0 Å². The zero-order valence-corrected chi connectivity index (χ0v) is 13.6. The van der Waals surface area contributed by atoms with Gasteiger partial charge in [-0.05, 0) is 19.4 Å². The van der Waals surface area contributed by atoms with Gasteiger partial charge < -0.3 is 20.1 Å². The van der Waals surface area contributed by atoms with Crippen molar-refractivity contribution in [1.82, 2.24) is 4.90 Å². The standard InChI is InChI=1S/C15H17N3O7/c1-8-11(5-10(14(21)25-2)6-12(8)18(23)24)16-15(22)17-4-3-9(7-17)13(19)20/h5-6,9H,3-4,7H2,1-2H3,(H,16,22)(H,19,20). The molecule has 0 aliphatic carbocycles. The molecule has 2 rings (SSSR count). The first-order valence-corrected chi connectivity index (χ1v) is 7.40. The normalized spacial score (nSPS) is 16.4. The average Bonchev–Trinajstić information content (AvgIpc) is 3.06. The van der Waals surface area contributed by atoms with Crippen molar-refractivity contribution in [3.05, 3.63) is 33.4 Å². The molecule has 0 radical (unpaired) electrons. The summed E-state index contributed by atoms with van der Waals surface area (Å²) in [6.07, 6.45) is 0.337. The number of benzene rings is 1. The summed E-state index contributed by atoms with van der Waals surface area (Å²) in [6, 6.07) is 1.78. The maximum Gasteiger partial charge on any atom is 0.338 e. The maximum atomic E-state index is 12.3. The van der Waals surface area contributed by atoms with E-state index in [9.17, 15) is 24.5 Å². The highest BCUT2D eigenvalue weighted by Gasteiger charge is 2.31. The van der Waals surface area contributed by atoms with Gasteiger partial charge in [-0.2, -0.15) is 0 Å². The van der Waals surface area contributed by atoms with E-state index in [-0.39, 0.29) is 35.6 Å². The number of rotatable bonds is 4. The third kappa shape index (κ3) is 3.84. The van der Waals surface area contributed by atoms with Crippen LogP contribution in [0.15, 0.2) is 12.1 Å². The third-order valence-electron chi connectivity index (χ3n) is 4.06. The fourth-order valence-corrected chi connectivity index (χ4v) is 2.59. The van der Waals surface area contributed by atoms with E-state index in [4.69, 9.17) is 5.11 Å². The molecule has 1 atom stereocenters. The predicted octanol–water partition coefficient (Wildman–Crippen LogP) is 1.63. The van der Waals surface area contributed by atoms with E-state index in [2.05, 4.69) is 10.1 Å². The van der Waals surface area contributed by atoms with E-state index >= 15 is 0 Å². The molecule has 1 aromatic carbocycles. The summed E-state index contributed by atoms with van der Waals surface area (Å²) in [5.74, 6) is -2.39. The Morgan fingerprint density at radius 3 is 2.60 bits per heavy atom. The number of carboxylic acid groups (broad SMARTS) is 1. The van der Waals surface area contributed by atoms with E-state index < -0.39 is 28.8 Å². The second-order valence-electron chi connectivity index (χ2n) is 5.62. The first-order valence-electron chi connectivity index (χ1n) is 7.40. The molecule has 1 fully saturated rings. The number of amides is 2. The number of esters is 1. The van der Waals surface area contributed by atoms with Crippen LogP contribution in [0.1, 0.15) is 22.3 Å². The summed E-state index contributed by atoms with van der Waals surface area (Å²) in [4.78, 5) is 46.8. The van der Waals surface area contributed by atoms with Crippen molar-refractivity contribution in [3.63, 3.8) is 0 Å². The molecule has 1 unspecified atom stereocenters. The van der Waals surface area contributed by atoms with E-state index in [1.165, 1.54) is 17.9 Å². The van der Waals surface area contributed by atoms with Crippen LogP contribution >= 0.6 is 0 Å². The number of ether oxygens (including phenoxy) is 1. The third-order valence-corrected chi connectivity index (χ3v) is 4.06. The molecule has 10 heteroatoms. The van der Waals surface area contributed by atoms with Crippen molar-refractivity contribution in [2.45, 2.75) is 13.3 Å². The molecule has 134 valence electrons. The SMILES string of the molecule is COC(=O)c1cc(NC(=O)N2CCC(C(=O)O)C2)c(C)c([N+](=O)[O-])c1. The average molecular weight is 351 g/mol. The highest BCUT2D eigenvalue weighted by Crippen LogP contribution is 2.29. The molecule has 1 aliphatic rings. The van der Waals surface area contributed by atoms with Gasteiger partial charge in [-0.3, -0.25) is 14.9 Å². The first-order chi connectivity index (χ1) is 11.7. The maximum absolute atomic E-state index is 12.3. The minimum atomic E-state index is -0.977. The second kappa shape index (κ2) is 7.16. The zero-order valence-electron chi connectivity index (χ0n) is 13.6. The number of hydrogen-bond acceptors (Lipinski definition) is 6. The Hall–Kier alpha value is -3.17. The molecule has 1 aliphatic heterocycles. The summed E-state index contributed by atoms with van der Waals surface area (Å²) in [5, 5.41) is 22.7. The topological polar surface area (TPSA) is 139 Å². The number of likely N-dealkylation sites (tertiary alicyclic amines) is 1. The number of nitrogens with one attached hydrogen (secondary N) is 1. The fourth-order valence-electron chi connectivity index (χ4n) is 2.59. The Morgan fingerprint density at radius 2 is 2.08 bits per heavy atom. The number of carboxylic acids is 1. The molecule has 0 aromatic heterocycles. The van der Waals surface area contributed by atoms with E-state index in [1.54, 1.807) is 0 Å². The van der Waals surface area contributed by atoms with Crippen molar-refractivity contribution >= 4 is 29.3 Å². The molecule has 10 nitrogen and oxygen atoms in total. The molecule has 2 N–H and O–H groups in total. The van der Waals surface area contributed by atoms with Gasteiger partial charge in [0.15, 0.2) is 0 Å². The van der Waals surface area contributed by atoms with Crippen molar-refractivity contribution in [2.24, 2.45) is 5.92 Å². The lowest BCUT2D eigenvalue weighted by Crippen LogP contribution is -2.34. The number of urea groups is 1. The van der Waals surface area contributed by atoms with Crippen LogP contribution in [-0.4, -0.2) is 53.1 Å². The molecular formula is C15H17N3O7. The summed E-state index contributed by atoms with van der Waals surface area (Å²) >= 11 is 0. The second-order valence-corrected chi connectivity index (χ2v) is 5.62. The fraction of sp³-hybridized carbons (Fsp3) is 0.400. The van der Waals surface area contributed by atoms with Crippen molar-refractivity contribution in [2.75, 3.05) is 25.5 Å². The number of hydrogen-bond donors (Lipinski definition) is 2. The lowest BCUT2D eigenvalue weighted by Gasteiger charge is -2.18. The van der Waals surface area contributed by atoms with E-state index in [0.29, 0.717) is 6.42 Å². The van der Waals surface area contributed by atoms with Gasteiger partial charge in [-0.1, -0.05) is 0 Å². The summed E-state index contributed by atoms with van der Waals surface area (Å²) in [5.41, 5.74) is -0.124. The van der Waals surface area contributed by atoms with Crippen LogP contribution in [0.2, 0.25) is 0 Å². The lowest BCUT2D eigenvalue weighted by molar-refractivity contribution is -0.385. The Labute approximate surface area is 142 Å². The number of aliphatic carboxylic acids is 1. The van der Waals surface area contributed by atoms with Crippen LogP contribution in [0, 0.1) is 23.0 Å². The molecule has 25 heavy (non-hydrogen) atoms. The first kappa shape index (κ1) is 18.2. The van der Waals surface area contributed by atoms with Gasteiger partial charge in [-0.25, -0.2) is 9.59 Å². The molecule has 1 aromatic rings. The van der Waals surface area contributed by atoms with Crippen LogP contribution in [0.3, 0.4) is 0 Å². The van der Waals surface area contributed by atoms with Crippen LogP contribution in [0.4, 0.5) is 16.2 Å². The predicted molar refractivity (Wildman–Crippen MR) is 85.5 cm³/mol. The summed E-state index contributed by atoms with van der Waals surface area (Å²) in [6.45, 7) is 1.76. The van der Waals surface area contributed by atoms with Gasteiger partial charge in [-0.15, -0.1) is 0 Å². The highest BCUT2D eigenvalue weighted by atomic mass is 16.6. The van der Waals surface area contributed by atoms with Crippen molar-refractivity contribution in [1.29, 1.82) is 0 Å². The van der Waals surface area contributed by atoms with Gasteiger partial charge in [0, 0.05) is 19.2 Å². The number of carbonyl (C=O) groups is 3. The number of nitro benzene ring substituents is 1. The molecule has 1 heterocycles. The zero-order chi connectivity index (χ0) is 18.7. The lowest BCUT2D eigenvalue weighted by atomic mass is 10.1. The van der Waals surface area contributed by atoms with Crippen LogP contribution in [0.5, 0.6) is 0 Å². The van der Waals surface area contributed by atoms with Gasteiger partial charge in [0.1, 0.15) is 0 Å². The van der Waals surface area contributed by atoms with Crippen LogP contribution < -0.4 is 5.32 Å². The van der Waals surface area contributed by atoms with Crippen LogP contribution in [0.25, 0.3) is 0 Å². The van der Waals surface area contributed by atoms with Gasteiger partial charge in [0.25, 0.3) is 5.69 Å². The van der Waals surface area contributed by atoms with Crippen LogP contribution in [-0.2, 0) is 9.53 Å². The number of carbonyl (C=O) groups excluding carboxylic acids is 2. The van der Waals surface area contributed by atoms with Gasteiger partial charge >= 0.3 is 18.0 Å². The molecule has 0 saturated carbocycles. The molecule has 1 saturated heterocycles. The number of nitrogens with zero attached hydrogens (tertiary/aromatic N) is 2. The molecular weight excluding hydrogens is 334 g/mol. The van der Waals surface area contributed by atoms with E-state index in [0.717, 1.165) is 13.2 Å². The molecule has 2 amide bonds. The Morgan fingerprint density at radius 1 is 1.40 bits per heavy atom. The number of anilines is 1. The Kier molecular flexibility index (Phi) is 5.20. The minimum absolute atomic E-state index is 0.0546. The van der Waals surface area contributed by atoms with Gasteiger partial charge in [0.2, 0.25) is 0 Å². The highest BCUT2D eigenvalue weighted by molar-refractivity contribution is 5.96. The quantitative estimate of drug-likeness (QED) is 0.477. The Bertz CT molecular complexity index is 747.